The molecule has 1 N–H and O–H groups in total. The van der Waals surface area contributed by atoms with Crippen molar-refractivity contribution in [1.29, 1.82) is 0 Å². The van der Waals surface area contributed by atoms with E-state index in [0.29, 0.717) is 34.7 Å². The van der Waals surface area contributed by atoms with E-state index in [1.165, 1.54) is 11.3 Å². The molecule has 1 aliphatic heterocycles. The summed E-state index contributed by atoms with van der Waals surface area (Å²) in [6.45, 7) is 8.90. The second-order valence-electron chi connectivity index (χ2n) is 7.82. The lowest BCUT2D eigenvalue weighted by molar-refractivity contribution is -0.139. The molecular weight excluding hydrogens is 392 g/mol. The van der Waals surface area contributed by atoms with Crippen LogP contribution in [0.15, 0.2) is 18.2 Å². The topological polar surface area (TPSA) is 93.7 Å². The Kier molecular flexibility index (Phi) is 6.36. The van der Waals surface area contributed by atoms with Crippen LogP contribution >= 0.6 is 11.3 Å². The maximum Gasteiger partial charge on any atom is 0.231 e. The minimum absolute atomic E-state index is 0.0492. The van der Waals surface area contributed by atoms with Crippen molar-refractivity contribution in [3.05, 3.63) is 18.2 Å². The van der Waals surface area contributed by atoms with Crippen LogP contribution in [0.4, 0.5) is 5.13 Å². The third-order valence-corrected chi connectivity index (χ3v) is 5.21. The molecule has 3 rings (SSSR count). The standard InChI is InChI=1S/C20H26N4O4S/c1-5-9-24(18(26)20(2,3)4)10-8-16(25)21-19-23-22-17(29-19)13-6-7-14-15(11-13)28-12-27-14/h6-7,11H,5,8-10,12H2,1-4H3,(H,21,23,25). The highest BCUT2D eigenvalue weighted by atomic mass is 32.1. The molecule has 1 aliphatic rings. The van der Waals surface area contributed by atoms with Gasteiger partial charge in [0, 0.05) is 30.5 Å². The van der Waals surface area contributed by atoms with Crippen molar-refractivity contribution >= 4 is 28.3 Å². The fourth-order valence-corrected chi connectivity index (χ4v) is 3.65. The number of carbonyl (C=O) groups is 2. The van der Waals surface area contributed by atoms with Gasteiger partial charge in [0.2, 0.25) is 23.7 Å². The third kappa shape index (κ3) is 5.23. The first kappa shape index (κ1) is 21.0. The van der Waals surface area contributed by atoms with Gasteiger partial charge in [-0.3, -0.25) is 9.59 Å². The second kappa shape index (κ2) is 8.77. The number of fused-ring (bicyclic) bond motifs is 1. The molecule has 0 saturated carbocycles. The Morgan fingerprint density at radius 3 is 2.66 bits per heavy atom. The molecule has 0 spiro atoms. The monoisotopic (exact) mass is 418 g/mol. The molecule has 0 unspecified atom stereocenters. The molecule has 0 aliphatic carbocycles. The van der Waals surface area contributed by atoms with Gasteiger partial charge in [-0.25, -0.2) is 0 Å². The normalized spacial score (nSPS) is 12.7. The zero-order chi connectivity index (χ0) is 21.0. The third-order valence-electron chi connectivity index (χ3n) is 4.32. The van der Waals surface area contributed by atoms with Crippen molar-refractivity contribution in [2.24, 2.45) is 5.41 Å². The van der Waals surface area contributed by atoms with Gasteiger partial charge in [-0.2, -0.15) is 0 Å². The van der Waals surface area contributed by atoms with Crippen molar-refractivity contribution in [3.63, 3.8) is 0 Å². The van der Waals surface area contributed by atoms with E-state index >= 15 is 0 Å². The van der Waals surface area contributed by atoms with Crippen molar-refractivity contribution in [2.75, 3.05) is 25.2 Å². The zero-order valence-electron chi connectivity index (χ0n) is 17.2. The van der Waals surface area contributed by atoms with E-state index in [-0.39, 0.29) is 25.0 Å². The van der Waals surface area contributed by atoms with E-state index in [9.17, 15) is 9.59 Å². The summed E-state index contributed by atoms with van der Waals surface area (Å²) in [7, 11) is 0. The highest BCUT2D eigenvalue weighted by Gasteiger charge is 2.27. The lowest BCUT2D eigenvalue weighted by Crippen LogP contribution is -2.41. The molecule has 0 saturated heterocycles. The summed E-state index contributed by atoms with van der Waals surface area (Å²) in [6, 6.07) is 5.54. The molecule has 2 heterocycles. The van der Waals surface area contributed by atoms with Gasteiger partial charge in [0.25, 0.3) is 0 Å². The Morgan fingerprint density at radius 1 is 1.17 bits per heavy atom. The molecule has 1 aromatic heterocycles. The number of anilines is 1. The van der Waals surface area contributed by atoms with Crippen LogP contribution in [0.5, 0.6) is 11.5 Å². The van der Waals surface area contributed by atoms with E-state index in [1.54, 1.807) is 4.90 Å². The first-order valence-corrected chi connectivity index (χ1v) is 10.4. The van der Waals surface area contributed by atoms with Crippen LogP contribution in [0.3, 0.4) is 0 Å². The SMILES string of the molecule is CCCN(CCC(=O)Nc1nnc(-c2ccc3c(c2)OCO3)s1)C(=O)C(C)(C)C. The fraction of sp³-hybridized carbons (Fsp3) is 0.500. The number of nitrogens with zero attached hydrogens (tertiary/aromatic N) is 3. The molecule has 8 nitrogen and oxygen atoms in total. The van der Waals surface area contributed by atoms with Gasteiger partial charge < -0.3 is 19.7 Å². The molecular formula is C20H26N4O4S. The Labute approximate surface area is 174 Å². The summed E-state index contributed by atoms with van der Waals surface area (Å²) in [5, 5.41) is 12.1. The smallest absolute Gasteiger partial charge is 0.231 e. The average Bonchev–Trinajstić information content (AvgIpc) is 3.32. The number of hydrogen-bond acceptors (Lipinski definition) is 7. The van der Waals surface area contributed by atoms with Crippen molar-refractivity contribution in [1.82, 2.24) is 15.1 Å². The summed E-state index contributed by atoms with van der Waals surface area (Å²) in [4.78, 5) is 26.6. The summed E-state index contributed by atoms with van der Waals surface area (Å²) >= 11 is 1.28. The Balaban J connectivity index is 1.58. The molecule has 0 fully saturated rings. The van der Waals surface area contributed by atoms with Crippen LogP contribution in [0.1, 0.15) is 40.5 Å². The number of hydrogen-bond donors (Lipinski definition) is 1. The van der Waals surface area contributed by atoms with Crippen LogP contribution < -0.4 is 14.8 Å². The molecule has 29 heavy (non-hydrogen) atoms. The minimum atomic E-state index is -0.468. The average molecular weight is 419 g/mol. The first-order chi connectivity index (χ1) is 13.8. The van der Waals surface area contributed by atoms with Crippen molar-refractivity contribution in [2.45, 2.75) is 40.5 Å². The highest BCUT2D eigenvalue weighted by Crippen LogP contribution is 2.37. The maximum absolute atomic E-state index is 12.5. The van der Waals surface area contributed by atoms with Gasteiger partial charge in [0.1, 0.15) is 5.01 Å². The Bertz CT molecular complexity index is 891. The molecule has 0 atom stereocenters. The minimum Gasteiger partial charge on any atom is -0.454 e. The van der Waals surface area contributed by atoms with Crippen LogP contribution in [-0.4, -0.2) is 46.8 Å². The summed E-state index contributed by atoms with van der Waals surface area (Å²) in [5.41, 5.74) is 0.377. The summed E-state index contributed by atoms with van der Waals surface area (Å²) in [5.74, 6) is 1.23. The highest BCUT2D eigenvalue weighted by molar-refractivity contribution is 7.18. The molecule has 2 aromatic rings. The number of ether oxygens (including phenoxy) is 2. The van der Waals surface area contributed by atoms with Gasteiger partial charge in [-0.05, 0) is 24.6 Å². The van der Waals surface area contributed by atoms with Gasteiger partial charge in [0.05, 0.1) is 0 Å². The van der Waals surface area contributed by atoms with Crippen LogP contribution in [0.25, 0.3) is 10.6 Å². The number of carbonyl (C=O) groups excluding carboxylic acids is 2. The number of benzene rings is 1. The maximum atomic E-state index is 12.5. The lowest BCUT2D eigenvalue weighted by Gasteiger charge is -2.29. The predicted octanol–water partition coefficient (Wildman–Crippen LogP) is 3.55. The molecule has 156 valence electrons. The van der Waals surface area contributed by atoms with E-state index in [2.05, 4.69) is 15.5 Å². The van der Waals surface area contributed by atoms with E-state index in [1.807, 2.05) is 45.9 Å². The summed E-state index contributed by atoms with van der Waals surface area (Å²) in [6.07, 6.45) is 1.06. The van der Waals surface area contributed by atoms with E-state index in [4.69, 9.17) is 9.47 Å². The van der Waals surface area contributed by atoms with Crippen molar-refractivity contribution in [3.8, 4) is 22.1 Å². The number of amides is 2. The van der Waals surface area contributed by atoms with Crippen LogP contribution in [-0.2, 0) is 9.59 Å². The molecule has 1 aromatic carbocycles. The Hall–Kier alpha value is -2.68. The molecule has 2 amide bonds. The number of nitrogens with one attached hydrogen (secondary N) is 1. The van der Waals surface area contributed by atoms with Gasteiger partial charge in [-0.1, -0.05) is 39.0 Å². The van der Waals surface area contributed by atoms with Gasteiger partial charge in [0.15, 0.2) is 11.5 Å². The van der Waals surface area contributed by atoms with Gasteiger partial charge >= 0.3 is 0 Å². The molecule has 0 radical (unpaired) electrons. The van der Waals surface area contributed by atoms with E-state index < -0.39 is 5.41 Å². The molecule has 9 heteroatoms. The number of aromatic nitrogens is 2. The second-order valence-corrected chi connectivity index (χ2v) is 8.80. The lowest BCUT2D eigenvalue weighted by atomic mass is 9.94. The summed E-state index contributed by atoms with van der Waals surface area (Å²) < 4.78 is 10.7. The van der Waals surface area contributed by atoms with Crippen molar-refractivity contribution < 1.29 is 19.1 Å². The Morgan fingerprint density at radius 2 is 1.93 bits per heavy atom. The molecule has 0 bridgehead atoms. The number of rotatable bonds is 7. The van der Waals surface area contributed by atoms with Crippen LogP contribution in [0, 0.1) is 5.41 Å². The largest absolute Gasteiger partial charge is 0.454 e. The fourth-order valence-electron chi connectivity index (χ4n) is 2.90. The van der Waals surface area contributed by atoms with Crippen LogP contribution in [0.2, 0.25) is 0 Å². The zero-order valence-corrected chi connectivity index (χ0v) is 18.0. The quantitative estimate of drug-likeness (QED) is 0.739. The van der Waals surface area contributed by atoms with E-state index in [0.717, 1.165) is 12.0 Å². The predicted molar refractivity (Wildman–Crippen MR) is 111 cm³/mol. The first-order valence-electron chi connectivity index (χ1n) is 9.60. The van der Waals surface area contributed by atoms with Gasteiger partial charge in [-0.15, -0.1) is 10.2 Å².